The lowest BCUT2D eigenvalue weighted by atomic mass is 10.1. The van der Waals surface area contributed by atoms with Crippen LogP contribution in [0.3, 0.4) is 0 Å². The van der Waals surface area contributed by atoms with Crippen molar-refractivity contribution in [3.05, 3.63) is 28.2 Å². The van der Waals surface area contributed by atoms with E-state index in [1.807, 2.05) is 0 Å². The quantitative estimate of drug-likeness (QED) is 0.844. The molecule has 96 valence electrons. The van der Waals surface area contributed by atoms with Crippen molar-refractivity contribution in [2.75, 3.05) is 26.7 Å². The summed E-state index contributed by atoms with van der Waals surface area (Å²) in [7, 11) is 1.71. The van der Waals surface area contributed by atoms with Crippen molar-refractivity contribution in [3.8, 4) is 5.75 Å². The SMILES string of the molecule is CN1CCN(C(=O)c2ccc(Br)cc2O)CC1=O. The molecule has 2 amide bonds. The van der Waals surface area contributed by atoms with Gasteiger partial charge >= 0.3 is 0 Å². The van der Waals surface area contributed by atoms with E-state index in [0.29, 0.717) is 17.6 Å². The fourth-order valence-corrected chi connectivity index (χ4v) is 2.14. The molecule has 5 nitrogen and oxygen atoms in total. The number of likely N-dealkylation sites (N-methyl/N-ethyl adjacent to an activating group) is 1. The number of benzene rings is 1. The zero-order valence-electron chi connectivity index (χ0n) is 9.89. The molecule has 2 rings (SSSR count). The first-order chi connectivity index (χ1) is 8.49. The van der Waals surface area contributed by atoms with Crippen LogP contribution >= 0.6 is 15.9 Å². The summed E-state index contributed by atoms with van der Waals surface area (Å²) in [5.41, 5.74) is 0.218. The monoisotopic (exact) mass is 312 g/mol. The third-order valence-electron chi connectivity index (χ3n) is 2.93. The standard InChI is InChI=1S/C12H13BrN2O3/c1-14-4-5-15(7-11(14)17)12(18)9-3-2-8(13)6-10(9)16/h2-3,6,16H,4-5,7H2,1H3. The number of hydrogen-bond donors (Lipinski definition) is 1. The van der Waals surface area contributed by atoms with Gasteiger partial charge in [0.2, 0.25) is 5.91 Å². The third-order valence-corrected chi connectivity index (χ3v) is 3.43. The topological polar surface area (TPSA) is 60.9 Å². The van der Waals surface area contributed by atoms with Gasteiger partial charge in [-0.25, -0.2) is 0 Å². The van der Waals surface area contributed by atoms with Crippen LogP contribution in [0, 0.1) is 0 Å². The lowest BCUT2D eigenvalue weighted by Gasteiger charge is -2.32. The molecule has 1 fully saturated rings. The number of hydrogen-bond acceptors (Lipinski definition) is 3. The summed E-state index contributed by atoms with van der Waals surface area (Å²) in [5, 5.41) is 9.74. The van der Waals surface area contributed by atoms with Crippen molar-refractivity contribution in [2.45, 2.75) is 0 Å². The normalized spacial score (nSPS) is 16.0. The zero-order chi connectivity index (χ0) is 13.3. The van der Waals surface area contributed by atoms with Gasteiger partial charge in [-0.3, -0.25) is 9.59 Å². The van der Waals surface area contributed by atoms with Gasteiger partial charge in [0.25, 0.3) is 5.91 Å². The Balaban J connectivity index is 2.19. The molecule has 0 atom stereocenters. The van der Waals surface area contributed by atoms with E-state index in [2.05, 4.69) is 15.9 Å². The van der Waals surface area contributed by atoms with Crippen molar-refractivity contribution < 1.29 is 14.7 Å². The summed E-state index contributed by atoms with van der Waals surface area (Å²) >= 11 is 3.21. The first kappa shape index (κ1) is 12.9. The summed E-state index contributed by atoms with van der Waals surface area (Å²) in [5.74, 6) is -0.492. The number of phenolic OH excluding ortho intramolecular Hbond substituents is 1. The molecule has 18 heavy (non-hydrogen) atoms. The molecule has 1 aromatic rings. The molecule has 1 aromatic carbocycles. The number of carbonyl (C=O) groups excluding carboxylic acids is 2. The maximum absolute atomic E-state index is 12.2. The van der Waals surface area contributed by atoms with Gasteiger partial charge in [0.15, 0.2) is 0 Å². The van der Waals surface area contributed by atoms with E-state index in [1.54, 1.807) is 24.1 Å². The summed E-state index contributed by atoms with van der Waals surface area (Å²) in [6.45, 7) is 1.06. The first-order valence-electron chi connectivity index (χ1n) is 5.51. The Labute approximate surface area is 113 Å². The second-order valence-corrected chi connectivity index (χ2v) is 5.12. The summed E-state index contributed by atoms with van der Waals surface area (Å²) in [4.78, 5) is 26.7. The van der Waals surface area contributed by atoms with Crippen LogP contribution in [-0.2, 0) is 4.79 Å². The minimum Gasteiger partial charge on any atom is -0.507 e. The molecule has 0 saturated carbocycles. The minimum absolute atomic E-state index is 0.0604. The molecule has 0 aliphatic carbocycles. The van der Waals surface area contributed by atoms with Gasteiger partial charge in [0.05, 0.1) is 5.56 Å². The number of aromatic hydroxyl groups is 1. The summed E-state index contributed by atoms with van der Waals surface area (Å²) in [6, 6.07) is 4.69. The average Bonchev–Trinajstić information content (AvgIpc) is 2.32. The Bertz CT molecular complexity index is 504. The number of nitrogens with zero attached hydrogens (tertiary/aromatic N) is 2. The Hall–Kier alpha value is -1.56. The van der Waals surface area contributed by atoms with Crippen LogP contribution in [-0.4, -0.2) is 53.4 Å². The number of phenols is 1. The van der Waals surface area contributed by atoms with Gasteiger partial charge < -0.3 is 14.9 Å². The Morgan fingerprint density at radius 2 is 2.11 bits per heavy atom. The van der Waals surface area contributed by atoms with Crippen LogP contribution in [0.5, 0.6) is 5.75 Å². The molecule has 0 bridgehead atoms. The Morgan fingerprint density at radius 3 is 2.72 bits per heavy atom. The van der Waals surface area contributed by atoms with Gasteiger partial charge in [-0.05, 0) is 18.2 Å². The van der Waals surface area contributed by atoms with Crippen LogP contribution in [0.4, 0.5) is 0 Å². The number of piperazine rings is 1. The third kappa shape index (κ3) is 2.48. The molecule has 6 heteroatoms. The lowest BCUT2D eigenvalue weighted by molar-refractivity contribution is -0.133. The van der Waals surface area contributed by atoms with Crippen molar-refractivity contribution in [2.24, 2.45) is 0 Å². The van der Waals surface area contributed by atoms with Crippen LogP contribution in [0.25, 0.3) is 0 Å². The van der Waals surface area contributed by atoms with E-state index >= 15 is 0 Å². The maximum atomic E-state index is 12.2. The van der Waals surface area contributed by atoms with Gasteiger partial charge in [-0.1, -0.05) is 15.9 Å². The maximum Gasteiger partial charge on any atom is 0.258 e. The van der Waals surface area contributed by atoms with Crippen LogP contribution < -0.4 is 0 Å². The summed E-state index contributed by atoms with van der Waals surface area (Å²) in [6.07, 6.45) is 0. The Kier molecular flexibility index (Phi) is 3.56. The highest BCUT2D eigenvalue weighted by Crippen LogP contribution is 2.24. The van der Waals surface area contributed by atoms with E-state index in [0.717, 1.165) is 0 Å². The second kappa shape index (κ2) is 4.97. The summed E-state index contributed by atoms with van der Waals surface area (Å²) < 4.78 is 0.700. The highest BCUT2D eigenvalue weighted by atomic mass is 79.9. The van der Waals surface area contributed by atoms with Crippen molar-refractivity contribution in [3.63, 3.8) is 0 Å². The highest BCUT2D eigenvalue weighted by Gasteiger charge is 2.26. The average molecular weight is 313 g/mol. The van der Waals surface area contributed by atoms with E-state index in [4.69, 9.17) is 0 Å². The van der Waals surface area contributed by atoms with E-state index in [1.165, 1.54) is 11.0 Å². The predicted octanol–water partition coefficient (Wildman–Crippen LogP) is 1.07. The van der Waals surface area contributed by atoms with E-state index in [-0.39, 0.29) is 29.7 Å². The number of carbonyl (C=O) groups is 2. The van der Waals surface area contributed by atoms with Gasteiger partial charge in [0, 0.05) is 24.6 Å². The van der Waals surface area contributed by atoms with Crippen LogP contribution in [0.2, 0.25) is 0 Å². The molecule has 0 spiro atoms. The molecule has 0 aromatic heterocycles. The molecule has 1 aliphatic rings. The zero-order valence-corrected chi connectivity index (χ0v) is 11.5. The molecule has 1 aliphatic heterocycles. The van der Waals surface area contributed by atoms with Gasteiger partial charge in [-0.15, -0.1) is 0 Å². The smallest absolute Gasteiger partial charge is 0.258 e. The Morgan fingerprint density at radius 1 is 1.39 bits per heavy atom. The predicted molar refractivity (Wildman–Crippen MR) is 69.3 cm³/mol. The van der Waals surface area contributed by atoms with Crippen LogP contribution in [0.1, 0.15) is 10.4 Å². The van der Waals surface area contributed by atoms with Crippen molar-refractivity contribution in [1.82, 2.24) is 9.80 Å². The van der Waals surface area contributed by atoms with Crippen LogP contribution in [0.15, 0.2) is 22.7 Å². The molecular formula is C12H13BrN2O3. The molecule has 0 radical (unpaired) electrons. The molecule has 0 unspecified atom stereocenters. The number of amides is 2. The molecular weight excluding hydrogens is 300 g/mol. The van der Waals surface area contributed by atoms with E-state index in [9.17, 15) is 14.7 Å². The molecule has 1 N–H and O–H groups in total. The highest BCUT2D eigenvalue weighted by molar-refractivity contribution is 9.10. The minimum atomic E-state index is -0.318. The second-order valence-electron chi connectivity index (χ2n) is 4.20. The van der Waals surface area contributed by atoms with Gasteiger partial charge in [0.1, 0.15) is 12.3 Å². The van der Waals surface area contributed by atoms with Crippen molar-refractivity contribution >= 4 is 27.7 Å². The fraction of sp³-hybridized carbons (Fsp3) is 0.333. The largest absolute Gasteiger partial charge is 0.507 e. The van der Waals surface area contributed by atoms with Crippen molar-refractivity contribution in [1.29, 1.82) is 0 Å². The fourth-order valence-electron chi connectivity index (χ4n) is 1.79. The first-order valence-corrected chi connectivity index (χ1v) is 6.30. The number of halogens is 1. The number of rotatable bonds is 1. The molecule has 1 heterocycles. The van der Waals surface area contributed by atoms with Gasteiger partial charge in [-0.2, -0.15) is 0 Å². The lowest BCUT2D eigenvalue weighted by Crippen LogP contribution is -2.50. The van der Waals surface area contributed by atoms with E-state index < -0.39 is 0 Å². The molecule has 1 saturated heterocycles.